The molecule has 1 rings (SSSR count). The smallest absolute Gasteiger partial charge is 0.365 e. The van der Waals surface area contributed by atoms with E-state index in [0.29, 0.717) is 12.3 Å². The summed E-state index contributed by atoms with van der Waals surface area (Å²) in [5.74, 6) is -0.973. The monoisotopic (exact) mass is 243 g/mol. The van der Waals surface area contributed by atoms with Crippen LogP contribution in [0.25, 0.3) is 0 Å². The molecule has 0 aliphatic rings. The molecule has 0 atom stereocenters. The molecule has 0 saturated carbocycles. The molecule has 0 bridgehead atoms. The van der Waals surface area contributed by atoms with E-state index in [4.69, 9.17) is 9.84 Å². The lowest BCUT2D eigenvalue weighted by molar-refractivity contribution is 0.0695. The Kier molecular flexibility index (Phi) is 6.03. The number of carboxylic acid groups (broad SMARTS) is 1. The van der Waals surface area contributed by atoms with Crippen LogP contribution in [0.1, 0.15) is 48.1 Å². The quantitative estimate of drug-likeness (QED) is 0.713. The second kappa shape index (κ2) is 7.35. The Bertz CT molecular complexity index is 325. The molecule has 90 valence electrons. The number of aromatic nitrogens is 1. The Labute approximate surface area is 99.3 Å². The zero-order valence-electron chi connectivity index (χ0n) is 9.44. The molecule has 5 heteroatoms. The van der Waals surface area contributed by atoms with Gasteiger partial charge in [0.2, 0.25) is 5.01 Å². The number of unbranched alkanes of at least 4 members (excludes halogenated alkanes) is 3. The van der Waals surface area contributed by atoms with Gasteiger partial charge < -0.3 is 9.84 Å². The SMILES string of the molecule is CCCCCCOCc1csc(C(=O)O)n1. The molecule has 1 N–H and O–H groups in total. The summed E-state index contributed by atoms with van der Waals surface area (Å²) in [6.07, 6.45) is 4.70. The van der Waals surface area contributed by atoms with Crippen molar-refractivity contribution in [1.82, 2.24) is 4.98 Å². The van der Waals surface area contributed by atoms with E-state index in [9.17, 15) is 4.79 Å². The molecule has 16 heavy (non-hydrogen) atoms. The van der Waals surface area contributed by atoms with Crippen LogP contribution in [-0.4, -0.2) is 22.7 Å². The third-order valence-electron chi connectivity index (χ3n) is 2.13. The fourth-order valence-electron chi connectivity index (χ4n) is 1.28. The molecular weight excluding hydrogens is 226 g/mol. The van der Waals surface area contributed by atoms with Crippen LogP contribution >= 0.6 is 11.3 Å². The first-order valence-corrected chi connectivity index (χ1v) is 6.37. The number of carbonyl (C=O) groups is 1. The minimum atomic E-state index is -0.973. The summed E-state index contributed by atoms with van der Waals surface area (Å²) in [7, 11) is 0. The van der Waals surface area contributed by atoms with Gasteiger partial charge in [-0.1, -0.05) is 26.2 Å². The number of ether oxygens (including phenoxy) is 1. The molecule has 4 nitrogen and oxygen atoms in total. The van der Waals surface area contributed by atoms with Gasteiger partial charge in [-0.25, -0.2) is 9.78 Å². The van der Waals surface area contributed by atoms with Crippen LogP contribution in [0.5, 0.6) is 0 Å². The second-order valence-electron chi connectivity index (χ2n) is 3.56. The average molecular weight is 243 g/mol. The van der Waals surface area contributed by atoms with Gasteiger partial charge in [0.05, 0.1) is 12.3 Å². The molecule has 0 unspecified atom stereocenters. The van der Waals surface area contributed by atoms with E-state index in [1.807, 2.05) is 0 Å². The molecule has 0 aliphatic carbocycles. The summed E-state index contributed by atoms with van der Waals surface area (Å²) in [6, 6.07) is 0. The Morgan fingerprint density at radius 1 is 1.50 bits per heavy atom. The van der Waals surface area contributed by atoms with Gasteiger partial charge in [0.15, 0.2) is 0 Å². The van der Waals surface area contributed by atoms with E-state index >= 15 is 0 Å². The number of thiazole rings is 1. The lowest BCUT2D eigenvalue weighted by Crippen LogP contribution is -1.98. The lowest BCUT2D eigenvalue weighted by atomic mass is 10.2. The van der Waals surface area contributed by atoms with Crippen LogP contribution in [0.2, 0.25) is 0 Å². The Morgan fingerprint density at radius 2 is 2.31 bits per heavy atom. The lowest BCUT2D eigenvalue weighted by Gasteiger charge is -2.01. The number of carboxylic acids is 1. The molecule has 1 aromatic heterocycles. The van der Waals surface area contributed by atoms with Crippen molar-refractivity contribution in [3.05, 3.63) is 16.1 Å². The van der Waals surface area contributed by atoms with E-state index in [-0.39, 0.29) is 5.01 Å². The third-order valence-corrected chi connectivity index (χ3v) is 3.01. The van der Waals surface area contributed by atoms with Gasteiger partial charge in [-0.2, -0.15) is 0 Å². The van der Waals surface area contributed by atoms with Gasteiger partial charge in [-0.3, -0.25) is 0 Å². The van der Waals surface area contributed by atoms with Crippen molar-refractivity contribution in [2.45, 2.75) is 39.2 Å². The third kappa shape index (κ3) is 4.72. The van der Waals surface area contributed by atoms with Crippen molar-refractivity contribution in [2.75, 3.05) is 6.61 Å². The molecule has 0 spiro atoms. The minimum absolute atomic E-state index is 0.129. The van der Waals surface area contributed by atoms with E-state index in [1.165, 1.54) is 19.3 Å². The summed E-state index contributed by atoms with van der Waals surface area (Å²) in [4.78, 5) is 14.5. The second-order valence-corrected chi connectivity index (χ2v) is 4.42. The van der Waals surface area contributed by atoms with Gasteiger partial charge in [0, 0.05) is 12.0 Å². The zero-order valence-corrected chi connectivity index (χ0v) is 10.3. The first-order chi connectivity index (χ1) is 7.74. The predicted molar refractivity (Wildman–Crippen MR) is 62.9 cm³/mol. The topological polar surface area (TPSA) is 59.4 Å². The highest BCUT2D eigenvalue weighted by atomic mass is 32.1. The van der Waals surface area contributed by atoms with Crippen LogP contribution in [0.3, 0.4) is 0 Å². The molecule has 0 aliphatic heterocycles. The van der Waals surface area contributed by atoms with Crippen LogP contribution in [0.15, 0.2) is 5.38 Å². The number of hydrogen-bond donors (Lipinski definition) is 1. The highest BCUT2D eigenvalue weighted by Crippen LogP contribution is 2.10. The van der Waals surface area contributed by atoms with Crippen LogP contribution < -0.4 is 0 Å². The fraction of sp³-hybridized carbons (Fsp3) is 0.636. The fourth-order valence-corrected chi connectivity index (χ4v) is 1.92. The molecule has 1 aromatic rings. The van der Waals surface area contributed by atoms with Crippen LogP contribution in [-0.2, 0) is 11.3 Å². The standard InChI is InChI=1S/C11H17NO3S/c1-2-3-4-5-6-15-7-9-8-16-10(12-9)11(13)14/h8H,2-7H2,1H3,(H,13,14). The first-order valence-electron chi connectivity index (χ1n) is 5.49. The van der Waals surface area contributed by atoms with Crippen molar-refractivity contribution in [2.24, 2.45) is 0 Å². The summed E-state index contributed by atoms with van der Waals surface area (Å²) >= 11 is 1.14. The Hall–Kier alpha value is -0.940. The maximum Gasteiger partial charge on any atom is 0.365 e. The summed E-state index contributed by atoms with van der Waals surface area (Å²) in [6.45, 7) is 3.30. The van der Waals surface area contributed by atoms with Crippen molar-refractivity contribution in [1.29, 1.82) is 0 Å². The molecule has 1 heterocycles. The number of rotatable bonds is 8. The minimum Gasteiger partial charge on any atom is -0.476 e. The summed E-state index contributed by atoms with van der Waals surface area (Å²) in [5, 5.41) is 10.5. The van der Waals surface area contributed by atoms with E-state index in [1.54, 1.807) is 5.38 Å². The van der Waals surface area contributed by atoms with Gasteiger partial charge in [0.25, 0.3) is 0 Å². The predicted octanol–water partition coefficient (Wildman–Crippen LogP) is 2.94. The molecule has 0 saturated heterocycles. The van der Waals surface area contributed by atoms with E-state index in [2.05, 4.69) is 11.9 Å². The molecule has 0 aromatic carbocycles. The molecule has 0 fully saturated rings. The largest absolute Gasteiger partial charge is 0.476 e. The van der Waals surface area contributed by atoms with Crippen LogP contribution in [0.4, 0.5) is 0 Å². The normalized spacial score (nSPS) is 10.6. The maximum absolute atomic E-state index is 10.6. The zero-order chi connectivity index (χ0) is 11.8. The van der Waals surface area contributed by atoms with Crippen LogP contribution in [0, 0.1) is 0 Å². The highest BCUT2D eigenvalue weighted by Gasteiger charge is 2.08. The maximum atomic E-state index is 10.6. The molecular formula is C11H17NO3S. The number of hydrogen-bond acceptors (Lipinski definition) is 4. The van der Waals surface area contributed by atoms with Gasteiger partial charge in [-0.15, -0.1) is 11.3 Å². The van der Waals surface area contributed by atoms with Crippen molar-refractivity contribution in [3.8, 4) is 0 Å². The van der Waals surface area contributed by atoms with Gasteiger partial charge in [-0.05, 0) is 6.42 Å². The molecule has 0 radical (unpaired) electrons. The van der Waals surface area contributed by atoms with E-state index < -0.39 is 5.97 Å². The Morgan fingerprint density at radius 3 is 2.94 bits per heavy atom. The van der Waals surface area contributed by atoms with Crippen molar-refractivity contribution >= 4 is 17.3 Å². The summed E-state index contributed by atoms with van der Waals surface area (Å²) < 4.78 is 5.41. The number of aromatic carboxylic acids is 1. The van der Waals surface area contributed by atoms with E-state index in [0.717, 1.165) is 24.4 Å². The highest BCUT2D eigenvalue weighted by molar-refractivity contribution is 7.11. The number of nitrogens with zero attached hydrogens (tertiary/aromatic N) is 1. The van der Waals surface area contributed by atoms with Gasteiger partial charge in [0.1, 0.15) is 0 Å². The molecule has 0 amide bonds. The Balaban J connectivity index is 2.14. The first kappa shape index (κ1) is 13.1. The van der Waals surface area contributed by atoms with Crippen molar-refractivity contribution < 1.29 is 14.6 Å². The summed E-state index contributed by atoms with van der Waals surface area (Å²) in [5.41, 5.74) is 0.706. The van der Waals surface area contributed by atoms with Crippen molar-refractivity contribution in [3.63, 3.8) is 0 Å². The average Bonchev–Trinajstić information content (AvgIpc) is 2.72. The van der Waals surface area contributed by atoms with Gasteiger partial charge >= 0.3 is 5.97 Å².